The van der Waals surface area contributed by atoms with Crippen LogP contribution in [-0.2, 0) is 17.1 Å². The third-order valence-electron chi connectivity index (χ3n) is 8.63. The third kappa shape index (κ3) is 2.97. The molecule has 0 aliphatic carbocycles. The lowest BCUT2D eigenvalue weighted by Gasteiger charge is -2.48. The number of alkyl halides is 3. The van der Waals surface area contributed by atoms with Gasteiger partial charge in [-0.3, -0.25) is 0 Å². The smallest absolute Gasteiger partial charge is 0.245 e. The summed E-state index contributed by atoms with van der Waals surface area (Å²) in [7, 11) is 0. The van der Waals surface area contributed by atoms with Crippen LogP contribution >= 0.6 is 0 Å². The zero-order valence-electron chi connectivity index (χ0n) is 21.8. The van der Waals surface area contributed by atoms with Crippen molar-refractivity contribution in [2.75, 3.05) is 0 Å². The van der Waals surface area contributed by atoms with Crippen molar-refractivity contribution < 1.29 is 26.7 Å². The lowest BCUT2D eigenvalue weighted by molar-refractivity contribution is -0.850. The van der Waals surface area contributed by atoms with Crippen LogP contribution in [0.3, 0.4) is 0 Å². The summed E-state index contributed by atoms with van der Waals surface area (Å²) in [5.41, 5.74) is 2.96. The number of hydrogen-bond donors (Lipinski definition) is 0. The van der Waals surface area contributed by atoms with Crippen molar-refractivity contribution in [3.63, 3.8) is 0 Å². The van der Waals surface area contributed by atoms with E-state index in [-0.39, 0.29) is 11.6 Å². The van der Waals surface area contributed by atoms with E-state index in [4.69, 9.17) is 4.98 Å². The van der Waals surface area contributed by atoms with Crippen LogP contribution in [0.25, 0.3) is 22.8 Å². The maximum absolute atomic E-state index is 14.9. The summed E-state index contributed by atoms with van der Waals surface area (Å²) < 4.78 is 62.0. The van der Waals surface area contributed by atoms with Gasteiger partial charge in [-0.2, -0.15) is 32.0 Å². The van der Waals surface area contributed by atoms with Crippen molar-refractivity contribution in [3.8, 4) is 22.8 Å². The molecular formula is C28H28F4N6+2. The van der Waals surface area contributed by atoms with Crippen LogP contribution in [0.15, 0.2) is 48.8 Å². The van der Waals surface area contributed by atoms with Crippen LogP contribution in [0, 0.1) is 19.7 Å². The van der Waals surface area contributed by atoms with Gasteiger partial charge in [-0.1, -0.05) is 13.8 Å². The summed E-state index contributed by atoms with van der Waals surface area (Å²) in [6.07, 6.45) is -0.471. The van der Waals surface area contributed by atoms with Gasteiger partial charge in [0.2, 0.25) is 11.5 Å². The second kappa shape index (κ2) is 7.91. The summed E-state index contributed by atoms with van der Waals surface area (Å²) in [4.78, 5) is 8.69. The van der Waals surface area contributed by atoms with E-state index < -0.39 is 29.1 Å². The number of aromatic nitrogens is 6. The van der Waals surface area contributed by atoms with Gasteiger partial charge in [-0.05, 0) is 57.0 Å². The molecule has 196 valence electrons. The Morgan fingerprint density at radius 1 is 1.05 bits per heavy atom. The number of hydrogen-bond acceptors (Lipinski definition) is 3. The van der Waals surface area contributed by atoms with E-state index in [0.717, 1.165) is 28.2 Å². The van der Waals surface area contributed by atoms with Crippen LogP contribution in [0.2, 0.25) is 0 Å². The van der Waals surface area contributed by atoms with Gasteiger partial charge in [0.1, 0.15) is 17.2 Å². The highest BCUT2D eigenvalue weighted by Gasteiger charge is 2.71. The molecule has 38 heavy (non-hydrogen) atoms. The fourth-order valence-corrected chi connectivity index (χ4v) is 6.94. The van der Waals surface area contributed by atoms with Gasteiger partial charge in [0.15, 0.2) is 12.4 Å². The van der Waals surface area contributed by atoms with E-state index in [2.05, 4.69) is 21.6 Å². The first-order valence-electron chi connectivity index (χ1n) is 12.7. The highest BCUT2D eigenvalue weighted by Crippen LogP contribution is 2.55. The van der Waals surface area contributed by atoms with Crippen LogP contribution in [0.5, 0.6) is 0 Å². The first kappa shape index (κ1) is 24.6. The Balaban J connectivity index is 1.79. The average Bonchev–Trinajstić information content (AvgIpc) is 3.43. The molecule has 5 heterocycles. The number of rotatable bonds is 3. The molecule has 4 aromatic rings. The van der Waals surface area contributed by atoms with Crippen LogP contribution in [0.1, 0.15) is 62.6 Å². The number of benzene rings is 1. The van der Waals surface area contributed by atoms with Crippen LogP contribution in [-0.4, -0.2) is 19.7 Å². The van der Waals surface area contributed by atoms with Crippen LogP contribution < -0.4 is 9.13 Å². The SMILES string of the molecule is CCC1(C)c2cc(F)ccc2-c2c(C)nc(C)c[n+]2[C@@]1(CC)C1n2nc(C(F)(F)F)nc2-c2cccc[n+]21. The molecule has 0 saturated heterocycles. The first-order chi connectivity index (χ1) is 18.0. The van der Waals surface area contributed by atoms with Crippen molar-refractivity contribution >= 4 is 0 Å². The quantitative estimate of drug-likeness (QED) is 0.273. The molecule has 0 radical (unpaired) electrons. The minimum atomic E-state index is -4.70. The first-order valence-corrected chi connectivity index (χ1v) is 12.7. The second-order valence-electron chi connectivity index (χ2n) is 10.4. The summed E-state index contributed by atoms with van der Waals surface area (Å²) in [5, 5.41) is 4.07. The minimum absolute atomic E-state index is 0.156. The molecule has 1 aromatic carbocycles. The van der Waals surface area contributed by atoms with E-state index in [1.54, 1.807) is 24.3 Å². The molecule has 2 aliphatic heterocycles. The summed E-state index contributed by atoms with van der Waals surface area (Å²) in [6.45, 7) is 9.98. The molecule has 0 spiro atoms. The molecule has 3 aromatic heterocycles. The van der Waals surface area contributed by atoms with Gasteiger partial charge in [0.05, 0.1) is 11.0 Å². The van der Waals surface area contributed by atoms with E-state index >= 15 is 0 Å². The van der Waals surface area contributed by atoms with E-state index in [9.17, 15) is 17.6 Å². The molecular weight excluding hydrogens is 496 g/mol. The molecule has 0 N–H and O–H groups in total. The summed E-state index contributed by atoms with van der Waals surface area (Å²) in [6, 6.07) is 10.2. The van der Waals surface area contributed by atoms with Gasteiger partial charge in [0.25, 0.3) is 17.1 Å². The molecule has 6 rings (SSSR count). The Kier molecular flexibility index (Phi) is 5.13. The van der Waals surface area contributed by atoms with Gasteiger partial charge in [0, 0.05) is 18.6 Å². The van der Waals surface area contributed by atoms with Crippen molar-refractivity contribution in [2.45, 2.75) is 70.8 Å². The normalized spacial score (nSPS) is 23.6. The van der Waals surface area contributed by atoms with Gasteiger partial charge < -0.3 is 0 Å². The van der Waals surface area contributed by atoms with Gasteiger partial charge in [-0.25, -0.2) is 9.37 Å². The van der Waals surface area contributed by atoms with Crippen molar-refractivity contribution in [2.24, 2.45) is 0 Å². The lowest BCUT2D eigenvalue weighted by Crippen LogP contribution is -2.76. The summed E-state index contributed by atoms with van der Waals surface area (Å²) in [5.74, 6) is -1.38. The predicted molar refractivity (Wildman–Crippen MR) is 130 cm³/mol. The zero-order valence-corrected chi connectivity index (χ0v) is 21.8. The molecule has 0 saturated carbocycles. The molecule has 10 heteroatoms. The van der Waals surface area contributed by atoms with Crippen molar-refractivity contribution in [3.05, 3.63) is 77.4 Å². The maximum Gasteiger partial charge on any atom is 0.453 e. The lowest BCUT2D eigenvalue weighted by atomic mass is 9.58. The second-order valence-corrected chi connectivity index (χ2v) is 10.4. The Morgan fingerprint density at radius 2 is 1.82 bits per heavy atom. The molecule has 0 fully saturated rings. The number of halogens is 4. The van der Waals surface area contributed by atoms with Gasteiger partial charge >= 0.3 is 12.3 Å². The fourth-order valence-electron chi connectivity index (χ4n) is 6.94. The number of pyridine rings is 1. The topological polar surface area (TPSA) is 51.4 Å². The Labute approximate surface area is 217 Å². The molecule has 2 aliphatic rings. The molecule has 3 atom stereocenters. The number of nitrogens with zero attached hydrogens (tertiary/aromatic N) is 6. The van der Waals surface area contributed by atoms with Crippen molar-refractivity contribution in [1.82, 2.24) is 19.7 Å². The fraction of sp³-hybridized carbons (Fsp3) is 0.393. The van der Waals surface area contributed by atoms with E-state index in [1.165, 1.54) is 10.7 Å². The van der Waals surface area contributed by atoms with Crippen LogP contribution in [0.4, 0.5) is 17.6 Å². The maximum atomic E-state index is 14.9. The molecule has 0 bridgehead atoms. The van der Waals surface area contributed by atoms with Gasteiger partial charge in [-0.15, -0.1) is 5.10 Å². The Morgan fingerprint density at radius 3 is 2.50 bits per heavy atom. The largest absolute Gasteiger partial charge is 0.453 e. The standard InChI is InChI=1S/C28H28F4N6/c1-6-26(5)20-14-18(29)11-12-19(20)22-17(4)33-16(3)15-37(22)27(26,7-2)25-36-13-9-8-10-21(36)23-34-24(28(30,31)32)35-38(23)25/h8-15,25H,6-7H2,1-5H3/q+2/t25?,26?,27-/m0/s1. The average molecular weight is 525 g/mol. The minimum Gasteiger partial charge on any atom is -0.245 e. The van der Waals surface area contributed by atoms with E-state index in [0.29, 0.717) is 18.5 Å². The highest BCUT2D eigenvalue weighted by molar-refractivity contribution is 5.67. The predicted octanol–water partition coefficient (Wildman–Crippen LogP) is 5.20. The monoisotopic (exact) mass is 524 g/mol. The zero-order chi connectivity index (χ0) is 27.2. The van der Waals surface area contributed by atoms with E-state index in [1.807, 2.05) is 50.7 Å². The Bertz CT molecular complexity index is 1610. The number of aryl methyl sites for hydroxylation is 2. The Hall–Kier alpha value is -3.69. The highest BCUT2D eigenvalue weighted by atomic mass is 19.4. The molecule has 0 amide bonds. The van der Waals surface area contributed by atoms with Crippen molar-refractivity contribution in [1.29, 1.82) is 0 Å². The third-order valence-corrected chi connectivity index (χ3v) is 8.63. The summed E-state index contributed by atoms with van der Waals surface area (Å²) >= 11 is 0. The number of fused-ring (bicyclic) bond motifs is 6. The molecule has 6 nitrogen and oxygen atoms in total. The molecule has 2 unspecified atom stereocenters.